The fourth-order valence-corrected chi connectivity index (χ4v) is 1.78. The van der Waals surface area contributed by atoms with Gasteiger partial charge < -0.3 is 10.6 Å². The largest absolute Gasteiger partial charge is 0.375 e. The van der Waals surface area contributed by atoms with Crippen LogP contribution < -0.4 is 10.6 Å². The van der Waals surface area contributed by atoms with Gasteiger partial charge in [0.05, 0.1) is 17.3 Å². The maximum atomic E-state index is 11.7. The number of nitrogens with one attached hydrogen (secondary N) is 2. The molecule has 17 heavy (non-hydrogen) atoms. The van der Waals surface area contributed by atoms with Gasteiger partial charge in [0, 0.05) is 13.1 Å². The molecule has 6 heteroatoms. The lowest BCUT2D eigenvalue weighted by atomic mass is 10.3. The first-order chi connectivity index (χ1) is 8.18. The molecule has 90 valence electrons. The predicted octanol–water partition coefficient (Wildman–Crippen LogP) is 1.30. The van der Waals surface area contributed by atoms with Gasteiger partial charge >= 0.3 is 6.03 Å². The van der Waals surface area contributed by atoms with Gasteiger partial charge in [0.1, 0.15) is 0 Å². The van der Waals surface area contributed by atoms with E-state index in [1.165, 1.54) is 4.90 Å². The molecular weight excluding hydrogens is 242 g/mol. The van der Waals surface area contributed by atoms with Crippen molar-refractivity contribution in [2.75, 3.05) is 25.0 Å². The van der Waals surface area contributed by atoms with Gasteiger partial charge in [-0.05, 0) is 12.1 Å². The van der Waals surface area contributed by atoms with Crippen molar-refractivity contribution in [3.05, 3.63) is 29.3 Å². The zero-order chi connectivity index (χ0) is 12.3. The lowest BCUT2D eigenvalue weighted by molar-refractivity contribution is -0.125. The topological polar surface area (TPSA) is 61.4 Å². The third-order valence-electron chi connectivity index (χ3n) is 2.46. The first-order valence-electron chi connectivity index (χ1n) is 5.25. The van der Waals surface area contributed by atoms with E-state index in [0.717, 1.165) is 0 Å². The third-order valence-corrected chi connectivity index (χ3v) is 2.79. The van der Waals surface area contributed by atoms with E-state index in [0.29, 0.717) is 23.8 Å². The van der Waals surface area contributed by atoms with Gasteiger partial charge in [-0.3, -0.25) is 9.69 Å². The minimum absolute atomic E-state index is 0.0527. The Hall–Kier alpha value is -1.75. The van der Waals surface area contributed by atoms with Crippen molar-refractivity contribution in [1.82, 2.24) is 10.2 Å². The van der Waals surface area contributed by atoms with Crippen LogP contribution in [-0.2, 0) is 4.79 Å². The Labute approximate surface area is 104 Å². The summed E-state index contributed by atoms with van der Waals surface area (Å²) < 4.78 is 0. The number of rotatable bonds is 3. The summed E-state index contributed by atoms with van der Waals surface area (Å²) in [6.45, 7) is 0.982. The van der Waals surface area contributed by atoms with Crippen molar-refractivity contribution >= 4 is 29.2 Å². The van der Waals surface area contributed by atoms with E-state index in [4.69, 9.17) is 11.6 Å². The van der Waals surface area contributed by atoms with Crippen molar-refractivity contribution in [3.63, 3.8) is 0 Å². The zero-order valence-corrected chi connectivity index (χ0v) is 9.83. The lowest BCUT2D eigenvalue weighted by Crippen LogP contribution is -2.38. The maximum absolute atomic E-state index is 11.7. The number of anilines is 1. The summed E-state index contributed by atoms with van der Waals surface area (Å²) in [5, 5.41) is 6.03. The number of para-hydroxylation sites is 1. The van der Waals surface area contributed by atoms with E-state index >= 15 is 0 Å². The predicted molar refractivity (Wildman–Crippen MR) is 65.1 cm³/mol. The van der Waals surface area contributed by atoms with E-state index in [9.17, 15) is 9.59 Å². The third kappa shape index (κ3) is 2.68. The molecule has 2 N–H and O–H groups in total. The van der Waals surface area contributed by atoms with Crippen molar-refractivity contribution in [1.29, 1.82) is 0 Å². The molecule has 2 rings (SSSR count). The van der Waals surface area contributed by atoms with Gasteiger partial charge in [-0.15, -0.1) is 0 Å². The smallest absolute Gasteiger partial charge is 0.324 e. The molecule has 3 amide bonds. The first-order valence-corrected chi connectivity index (χ1v) is 5.63. The van der Waals surface area contributed by atoms with Crippen LogP contribution in [0.2, 0.25) is 5.02 Å². The number of halogens is 1. The number of urea groups is 1. The Kier molecular flexibility index (Phi) is 3.49. The summed E-state index contributed by atoms with van der Waals surface area (Å²) in [6.07, 6.45) is 0. The van der Waals surface area contributed by atoms with Gasteiger partial charge in [0.2, 0.25) is 5.91 Å². The van der Waals surface area contributed by atoms with Crippen LogP contribution in [0, 0.1) is 0 Å². The number of hydrogen-bond donors (Lipinski definition) is 2. The van der Waals surface area contributed by atoms with Gasteiger partial charge in [0.25, 0.3) is 0 Å². The molecule has 0 unspecified atom stereocenters. The summed E-state index contributed by atoms with van der Waals surface area (Å²) in [5.41, 5.74) is 0.683. The molecule has 0 saturated carbocycles. The fraction of sp³-hybridized carbons (Fsp3) is 0.273. The van der Waals surface area contributed by atoms with Gasteiger partial charge in [-0.1, -0.05) is 23.7 Å². The molecule has 1 saturated heterocycles. The summed E-state index contributed by atoms with van der Waals surface area (Å²) in [4.78, 5) is 24.1. The second-order valence-corrected chi connectivity index (χ2v) is 4.02. The van der Waals surface area contributed by atoms with E-state index < -0.39 is 0 Å². The highest BCUT2D eigenvalue weighted by Gasteiger charge is 2.25. The first kappa shape index (κ1) is 11.7. The zero-order valence-electron chi connectivity index (χ0n) is 9.07. The average molecular weight is 254 g/mol. The molecule has 0 aliphatic carbocycles. The quantitative estimate of drug-likeness (QED) is 0.854. The van der Waals surface area contributed by atoms with Crippen molar-refractivity contribution in [2.45, 2.75) is 0 Å². The molecule has 0 radical (unpaired) electrons. The second-order valence-electron chi connectivity index (χ2n) is 3.61. The molecule has 0 spiro atoms. The molecule has 1 aromatic carbocycles. The molecule has 1 heterocycles. The Morgan fingerprint density at radius 2 is 2.24 bits per heavy atom. The summed E-state index contributed by atoms with van der Waals surface area (Å²) in [7, 11) is 0. The highest BCUT2D eigenvalue weighted by atomic mass is 35.5. The molecule has 1 fully saturated rings. The minimum Gasteiger partial charge on any atom is -0.375 e. The van der Waals surface area contributed by atoms with Crippen LogP contribution in [0.15, 0.2) is 24.3 Å². The Balaban J connectivity index is 1.92. The lowest BCUT2D eigenvalue weighted by Gasteiger charge is -2.13. The number of carbonyl (C=O) groups is 2. The second kappa shape index (κ2) is 5.05. The molecular formula is C11H12ClN3O2. The summed E-state index contributed by atoms with van der Waals surface area (Å²) >= 11 is 5.93. The standard InChI is InChI=1S/C11H12ClN3O2/c12-8-3-1-2-4-9(8)14-7-10(16)15-6-5-13-11(15)17/h1-4,14H,5-7H2,(H,13,17). The Bertz CT molecular complexity index is 450. The van der Waals surface area contributed by atoms with Crippen LogP contribution in [0.4, 0.5) is 10.5 Å². The van der Waals surface area contributed by atoms with Crippen molar-refractivity contribution < 1.29 is 9.59 Å². The van der Waals surface area contributed by atoms with Gasteiger partial charge in [-0.25, -0.2) is 4.79 Å². The molecule has 0 atom stereocenters. The highest BCUT2D eigenvalue weighted by molar-refractivity contribution is 6.33. The SMILES string of the molecule is O=C(CNc1ccccc1Cl)N1CCNC1=O. The van der Waals surface area contributed by atoms with Gasteiger partial charge in [0.15, 0.2) is 0 Å². The molecule has 1 aliphatic rings. The van der Waals surface area contributed by atoms with Crippen LogP contribution >= 0.6 is 11.6 Å². The normalized spacial score (nSPS) is 14.6. The number of nitrogens with zero attached hydrogens (tertiary/aromatic N) is 1. The molecule has 5 nitrogen and oxygen atoms in total. The molecule has 0 bridgehead atoms. The minimum atomic E-state index is -0.337. The average Bonchev–Trinajstić information content (AvgIpc) is 2.74. The number of carbonyl (C=O) groups excluding carboxylic acids is 2. The van der Waals surface area contributed by atoms with Crippen molar-refractivity contribution in [3.8, 4) is 0 Å². The van der Waals surface area contributed by atoms with Crippen LogP contribution in [0.25, 0.3) is 0 Å². The monoisotopic (exact) mass is 253 g/mol. The Morgan fingerprint density at radius 1 is 1.47 bits per heavy atom. The fourth-order valence-electron chi connectivity index (χ4n) is 1.58. The number of imide groups is 1. The number of hydrogen-bond acceptors (Lipinski definition) is 3. The summed E-state index contributed by atoms with van der Waals surface area (Å²) in [6, 6.07) is 6.80. The van der Waals surface area contributed by atoms with E-state index in [-0.39, 0.29) is 18.5 Å². The van der Waals surface area contributed by atoms with E-state index in [1.807, 2.05) is 12.1 Å². The van der Waals surface area contributed by atoms with E-state index in [2.05, 4.69) is 10.6 Å². The van der Waals surface area contributed by atoms with Crippen molar-refractivity contribution in [2.24, 2.45) is 0 Å². The van der Waals surface area contributed by atoms with E-state index in [1.54, 1.807) is 12.1 Å². The molecule has 1 aliphatic heterocycles. The number of benzene rings is 1. The molecule has 1 aromatic rings. The maximum Gasteiger partial charge on any atom is 0.324 e. The van der Waals surface area contributed by atoms with Crippen LogP contribution in [-0.4, -0.2) is 36.5 Å². The van der Waals surface area contributed by atoms with Crippen LogP contribution in [0.1, 0.15) is 0 Å². The van der Waals surface area contributed by atoms with Crippen LogP contribution in [0.3, 0.4) is 0 Å². The molecule has 0 aromatic heterocycles. The van der Waals surface area contributed by atoms with Crippen LogP contribution in [0.5, 0.6) is 0 Å². The summed E-state index contributed by atoms with van der Waals surface area (Å²) in [5.74, 6) is -0.264. The van der Waals surface area contributed by atoms with Gasteiger partial charge in [-0.2, -0.15) is 0 Å². The Morgan fingerprint density at radius 3 is 2.88 bits per heavy atom. The number of amides is 3. The highest BCUT2D eigenvalue weighted by Crippen LogP contribution is 2.20.